The molecule has 0 radical (unpaired) electrons. The van der Waals surface area contributed by atoms with Gasteiger partial charge >= 0.3 is 0 Å². The molecule has 4 rings (SSSR count). The zero-order chi connectivity index (χ0) is 33.6. The molecule has 9 nitrogen and oxygen atoms in total. The van der Waals surface area contributed by atoms with Crippen molar-refractivity contribution in [3.63, 3.8) is 0 Å². The van der Waals surface area contributed by atoms with Gasteiger partial charge in [0.15, 0.2) is 6.61 Å². The van der Waals surface area contributed by atoms with Crippen LogP contribution in [0.1, 0.15) is 37.3 Å². The van der Waals surface area contributed by atoms with Crippen molar-refractivity contribution in [2.75, 3.05) is 25.0 Å². The number of nitrogens with one attached hydrogen (secondary N) is 2. The number of carbonyl (C=O) groups is 2. The van der Waals surface area contributed by atoms with E-state index in [4.69, 9.17) is 9.47 Å². The normalized spacial score (nSPS) is 11.7. The van der Waals surface area contributed by atoms with Crippen LogP contribution in [0.3, 0.4) is 0 Å². The van der Waals surface area contributed by atoms with Gasteiger partial charge < -0.3 is 19.7 Å². The topological polar surface area (TPSA) is 114 Å². The number of unbranched alkanes of at least 4 members (excludes halogenated alkanes) is 2. The van der Waals surface area contributed by atoms with E-state index in [2.05, 4.69) is 17.0 Å². The summed E-state index contributed by atoms with van der Waals surface area (Å²) in [6.45, 7) is 2.36. The molecule has 11 heteroatoms. The van der Waals surface area contributed by atoms with Crippen LogP contribution in [0.5, 0.6) is 11.5 Å². The van der Waals surface area contributed by atoms with Crippen LogP contribution in [0.2, 0.25) is 0 Å². The van der Waals surface area contributed by atoms with Gasteiger partial charge in [-0.05, 0) is 78.2 Å². The minimum atomic E-state index is -3.95. The standard InChI is InChI=1S/C36H40FN3O6S/c1-3-4-8-23-38-36(42)34(24-27-9-6-5-7-10-27)40(25-28-11-17-31(45-2)18-12-28)35(41)26-46-32-19-21-33(22-20-32)47(43,44)39-30-15-13-29(37)14-16-30/h5-7,9-22,34,39H,3-4,8,23-26H2,1-2H3,(H,38,42). The maximum Gasteiger partial charge on any atom is 0.261 e. The molecule has 2 amide bonds. The first kappa shape index (κ1) is 35.0. The third-order valence-electron chi connectivity index (χ3n) is 7.46. The molecule has 0 aliphatic rings. The number of hydrogen-bond donors (Lipinski definition) is 2. The predicted octanol–water partition coefficient (Wildman–Crippen LogP) is 5.96. The molecule has 0 fully saturated rings. The molecule has 0 heterocycles. The first-order valence-corrected chi connectivity index (χ1v) is 16.9. The van der Waals surface area contributed by atoms with Gasteiger partial charge in [-0.3, -0.25) is 14.3 Å². The van der Waals surface area contributed by atoms with Crippen molar-refractivity contribution in [2.24, 2.45) is 0 Å². The summed E-state index contributed by atoms with van der Waals surface area (Å²) in [6, 6.07) is 26.5. The maximum absolute atomic E-state index is 13.9. The van der Waals surface area contributed by atoms with Gasteiger partial charge in [0.05, 0.1) is 12.0 Å². The summed E-state index contributed by atoms with van der Waals surface area (Å²) >= 11 is 0. The number of anilines is 1. The van der Waals surface area contributed by atoms with Crippen LogP contribution < -0.4 is 19.5 Å². The SMILES string of the molecule is CCCCCNC(=O)C(Cc1ccccc1)N(Cc1ccc(OC)cc1)C(=O)COc1ccc(S(=O)(=O)Nc2ccc(F)cc2)cc1. The Bertz CT molecular complexity index is 1680. The second-order valence-corrected chi connectivity index (χ2v) is 12.6. The predicted molar refractivity (Wildman–Crippen MR) is 179 cm³/mol. The molecule has 0 saturated heterocycles. The van der Waals surface area contributed by atoms with Crippen LogP contribution in [0.25, 0.3) is 0 Å². The third kappa shape index (κ3) is 10.6. The Labute approximate surface area is 275 Å². The van der Waals surface area contributed by atoms with Crippen LogP contribution in [0.15, 0.2) is 108 Å². The third-order valence-corrected chi connectivity index (χ3v) is 8.85. The molecule has 0 aliphatic carbocycles. The number of sulfonamides is 1. The molecular formula is C36H40FN3O6S. The Balaban J connectivity index is 1.53. The second kappa shape index (κ2) is 17.1. The maximum atomic E-state index is 13.9. The molecule has 248 valence electrons. The van der Waals surface area contributed by atoms with Gasteiger partial charge in [0.2, 0.25) is 5.91 Å². The van der Waals surface area contributed by atoms with Crippen molar-refractivity contribution in [2.45, 2.75) is 50.1 Å². The van der Waals surface area contributed by atoms with Crippen molar-refractivity contribution >= 4 is 27.5 Å². The fourth-order valence-corrected chi connectivity index (χ4v) is 5.92. The van der Waals surface area contributed by atoms with E-state index < -0.39 is 27.8 Å². The number of amides is 2. The van der Waals surface area contributed by atoms with Gasteiger partial charge in [-0.1, -0.05) is 62.2 Å². The van der Waals surface area contributed by atoms with Crippen molar-refractivity contribution in [1.29, 1.82) is 0 Å². The lowest BCUT2D eigenvalue weighted by Gasteiger charge is -2.31. The average molecular weight is 662 g/mol. The van der Waals surface area contributed by atoms with Crippen LogP contribution in [0.4, 0.5) is 10.1 Å². The van der Waals surface area contributed by atoms with Crippen molar-refractivity contribution in [3.05, 3.63) is 120 Å². The number of halogens is 1. The minimum absolute atomic E-state index is 0.0377. The van der Waals surface area contributed by atoms with E-state index in [1.54, 1.807) is 19.2 Å². The van der Waals surface area contributed by atoms with Gasteiger partial charge in [-0.15, -0.1) is 0 Å². The lowest BCUT2D eigenvalue weighted by molar-refractivity contribution is -0.142. The first-order valence-electron chi connectivity index (χ1n) is 15.4. The average Bonchev–Trinajstić information content (AvgIpc) is 3.09. The smallest absolute Gasteiger partial charge is 0.261 e. The van der Waals surface area contributed by atoms with Gasteiger partial charge in [-0.2, -0.15) is 0 Å². The summed E-state index contributed by atoms with van der Waals surface area (Å²) in [5.41, 5.74) is 1.92. The molecule has 2 N–H and O–H groups in total. The Kier molecular flexibility index (Phi) is 12.7. The van der Waals surface area contributed by atoms with Crippen LogP contribution in [-0.2, 0) is 32.6 Å². The highest BCUT2D eigenvalue weighted by molar-refractivity contribution is 7.92. The molecule has 0 aliphatic heterocycles. The highest BCUT2D eigenvalue weighted by atomic mass is 32.2. The Morgan fingerprint density at radius 1 is 0.830 bits per heavy atom. The summed E-state index contributed by atoms with van der Waals surface area (Å²) in [6.07, 6.45) is 3.13. The Morgan fingerprint density at radius 2 is 1.49 bits per heavy atom. The Hall–Kier alpha value is -4.90. The highest BCUT2D eigenvalue weighted by Gasteiger charge is 2.30. The van der Waals surface area contributed by atoms with Crippen molar-refractivity contribution < 1.29 is 31.9 Å². The molecule has 1 atom stereocenters. The lowest BCUT2D eigenvalue weighted by Crippen LogP contribution is -2.51. The summed E-state index contributed by atoms with van der Waals surface area (Å²) in [4.78, 5) is 29.0. The van der Waals surface area contributed by atoms with Crippen LogP contribution in [-0.4, -0.2) is 51.4 Å². The van der Waals surface area contributed by atoms with Crippen molar-refractivity contribution in [1.82, 2.24) is 10.2 Å². The number of carbonyl (C=O) groups excluding carboxylic acids is 2. The fraction of sp³-hybridized carbons (Fsp3) is 0.278. The molecule has 0 saturated carbocycles. The number of hydrogen-bond acceptors (Lipinski definition) is 6. The minimum Gasteiger partial charge on any atom is -0.497 e. The van der Waals surface area contributed by atoms with E-state index in [1.807, 2.05) is 42.5 Å². The molecular weight excluding hydrogens is 621 g/mol. The number of rotatable bonds is 17. The summed E-state index contributed by atoms with van der Waals surface area (Å²) in [7, 11) is -2.37. The molecule has 0 aromatic heterocycles. The number of nitrogens with zero attached hydrogens (tertiary/aromatic N) is 1. The largest absolute Gasteiger partial charge is 0.497 e. The van der Waals surface area contributed by atoms with E-state index in [9.17, 15) is 22.4 Å². The van der Waals surface area contributed by atoms with E-state index in [-0.39, 0.29) is 35.4 Å². The fourth-order valence-electron chi connectivity index (χ4n) is 4.86. The van der Waals surface area contributed by atoms with E-state index >= 15 is 0 Å². The summed E-state index contributed by atoms with van der Waals surface area (Å²) in [5, 5.41) is 3.02. The van der Waals surface area contributed by atoms with E-state index in [1.165, 1.54) is 41.3 Å². The summed E-state index contributed by atoms with van der Waals surface area (Å²) < 4.78 is 52.3. The number of methoxy groups -OCH3 is 1. The first-order chi connectivity index (χ1) is 22.7. The van der Waals surface area contributed by atoms with Crippen LogP contribution >= 0.6 is 0 Å². The monoisotopic (exact) mass is 661 g/mol. The Morgan fingerprint density at radius 3 is 2.13 bits per heavy atom. The number of benzene rings is 4. The lowest BCUT2D eigenvalue weighted by atomic mass is 10.0. The van der Waals surface area contributed by atoms with Crippen LogP contribution in [0, 0.1) is 5.82 Å². The molecule has 0 spiro atoms. The van der Waals surface area contributed by atoms with E-state index in [0.717, 1.165) is 42.5 Å². The van der Waals surface area contributed by atoms with Gasteiger partial charge in [-0.25, -0.2) is 12.8 Å². The summed E-state index contributed by atoms with van der Waals surface area (Å²) in [5.74, 6) is -0.212. The van der Waals surface area contributed by atoms with Crippen molar-refractivity contribution in [3.8, 4) is 11.5 Å². The quantitative estimate of drug-likeness (QED) is 0.135. The molecule has 4 aromatic rings. The molecule has 1 unspecified atom stereocenters. The molecule has 47 heavy (non-hydrogen) atoms. The second-order valence-electron chi connectivity index (χ2n) is 10.9. The van der Waals surface area contributed by atoms with Gasteiger partial charge in [0.1, 0.15) is 23.4 Å². The molecule has 4 aromatic carbocycles. The van der Waals surface area contributed by atoms with E-state index in [0.29, 0.717) is 18.7 Å². The highest BCUT2D eigenvalue weighted by Crippen LogP contribution is 2.21. The zero-order valence-electron chi connectivity index (χ0n) is 26.5. The van der Waals surface area contributed by atoms with Gasteiger partial charge in [0, 0.05) is 25.2 Å². The zero-order valence-corrected chi connectivity index (χ0v) is 27.3. The number of ether oxygens (including phenoxy) is 2. The van der Waals surface area contributed by atoms with Gasteiger partial charge in [0.25, 0.3) is 15.9 Å². The molecule has 0 bridgehead atoms.